The number of rotatable bonds is 48. The minimum atomic E-state index is -0.487. The van der Waals surface area contributed by atoms with Crippen molar-refractivity contribution in [3.63, 3.8) is 0 Å². The van der Waals surface area contributed by atoms with Crippen molar-refractivity contribution < 1.29 is 28.5 Å². The number of carbonyl (C=O) groups excluding carboxylic acids is 2. The molecule has 0 bridgehead atoms. The summed E-state index contributed by atoms with van der Waals surface area (Å²) < 4.78 is 23.1. The van der Waals surface area contributed by atoms with Gasteiger partial charge in [-0.25, -0.2) is 4.79 Å². The van der Waals surface area contributed by atoms with Crippen molar-refractivity contribution in [2.45, 2.75) is 271 Å². The van der Waals surface area contributed by atoms with Crippen molar-refractivity contribution in [1.82, 2.24) is 16.0 Å². The van der Waals surface area contributed by atoms with Crippen LogP contribution in [-0.4, -0.2) is 82.4 Å². The Bertz CT molecular complexity index is 948. The maximum atomic E-state index is 12.9. The Hall–Kier alpha value is -1.42. The van der Waals surface area contributed by atoms with E-state index < -0.39 is 6.09 Å². The summed E-state index contributed by atoms with van der Waals surface area (Å²) in [4.78, 5) is 25.5. The predicted octanol–water partition coefficient (Wildman–Crippen LogP) is 13.9. The highest BCUT2D eigenvalue weighted by Crippen LogP contribution is 2.17. The molecule has 2 amide bonds. The molecule has 1 atom stereocenters. The number of methoxy groups -OCH3 is 1. The molecule has 0 fully saturated rings. The zero-order valence-electron chi connectivity index (χ0n) is 41.8. The van der Waals surface area contributed by atoms with Crippen LogP contribution in [0, 0.1) is 0 Å². The van der Waals surface area contributed by atoms with Crippen LogP contribution in [0.15, 0.2) is 0 Å². The highest BCUT2D eigenvalue weighted by atomic mass is 16.6. The quantitative estimate of drug-likeness (QED) is 0.0523. The van der Waals surface area contributed by atoms with Crippen molar-refractivity contribution in [3.8, 4) is 0 Å². The minimum Gasteiger partial charge on any atom is -0.447 e. The fourth-order valence-corrected chi connectivity index (χ4v) is 7.66. The molecule has 0 aromatic heterocycles. The first-order valence-corrected chi connectivity index (χ1v) is 26.2. The van der Waals surface area contributed by atoms with Crippen LogP contribution in [-0.2, 0) is 23.7 Å². The van der Waals surface area contributed by atoms with E-state index in [1.165, 1.54) is 173 Å². The summed E-state index contributed by atoms with van der Waals surface area (Å²) in [5.74, 6) is 0.00882. The molecule has 0 aromatic carbocycles. The Balaban J connectivity index is 4.35. The van der Waals surface area contributed by atoms with Crippen LogP contribution >= 0.6 is 0 Å². The Morgan fingerprint density at radius 2 is 0.934 bits per heavy atom. The van der Waals surface area contributed by atoms with E-state index in [9.17, 15) is 9.59 Å². The minimum absolute atomic E-state index is 0.00882. The Morgan fingerprint density at radius 3 is 1.38 bits per heavy atom. The molecule has 364 valence electrons. The van der Waals surface area contributed by atoms with Gasteiger partial charge in [0.15, 0.2) is 0 Å². The van der Waals surface area contributed by atoms with Gasteiger partial charge in [-0.3, -0.25) is 4.79 Å². The van der Waals surface area contributed by atoms with Crippen molar-refractivity contribution >= 4 is 12.0 Å². The number of hydrogen-bond donors (Lipinski definition) is 3. The molecule has 0 rings (SSSR count). The topological polar surface area (TPSA) is 107 Å². The van der Waals surface area contributed by atoms with Crippen LogP contribution < -0.4 is 16.0 Å². The number of nitrogens with one attached hydrogen (secondary N) is 3. The van der Waals surface area contributed by atoms with Crippen LogP contribution in [0.2, 0.25) is 0 Å². The van der Waals surface area contributed by atoms with E-state index in [1.807, 2.05) is 0 Å². The lowest BCUT2D eigenvalue weighted by Crippen LogP contribution is -2.44. The first kappa shape index (κ1) is 59.6. The average Bonchev–Trinajstić information content (AvgIpc) is 3.23. The maximum Gasteiger partial charge on any atom is 0.407 e. The number of ether oxygens (including phenoxy) is 4. The SMILES string of the molecule is CCCCCCCCCCCCCCCCCCOCC(COC(=O)NCCNCC(C)(C)OCCC(C)(C)OC)NC(=O)CCCCCCCCCCCCCCCCC. The Labute approximate surface area is 379 Å². The Kier molecular flexibility index (Phi) is 42.8. The van der Waals surface area contributed by atoms with Crippen LogP contribution in [0.4, 0.5) is 4.79 Å². The van der Waals surface area contributed by atoms with E-state index in [4.69, 9.17) is 18.9 Å². The van der Waals surface area contributed by atoms with Crippen molar-refractivity contribution in [2.75, 3.05) is 53.2 Å². The van der Waals surface area contributed by atoms with E-state index in [0.29, 0.717) is 45.9 Å². The molecule has 0 aliphatic heterocycles. The van der Waals surface area contributed by atoms with Gasteiger partial charge in [-0.1, -0.05) is 200 Å². The number of carbonyl (C=O) groups is 2. The molecule has 0 aliphatic rings. The van der Waals surface area contributed by atoms with Crippen molar-refractivity contribution in [2.24, 2.45) is 0 Å². The third-order valence-corrected chi connectivity index (χ3v) is 12.1. The third kappa shape index (κ3) is 45.0. The number of unbranched alkanes of at least 4 members (excludes halogenated alkanes) is 29. The fraction of sp³-hybridized carbons (Fsp3) is 0.962. The second-order valence-electron chi connectivity index (χ2n) is 19.4. The van der Waals surface area contributed by atoms with Gasteiger partial charge in [-0.2, -0.15) is 0 Å². The van der Waals surface area contributed by atoms with Crippen LogP contribution in [0.25, 0.3) is 0 Å². The summed E-state index contributed by atoms with van der Waals surface area (Å²) in [5.41, 5.74) is -0.549. The van der Waals surface area contributed by atoms with Gasteiger partial charge >= 0.3 is 6.09 Å². The fourth-order valence-electron chi connectivity index (χ4n) is 7.66. The first-order valence-electron chi connectivity index (χ1n) is 26.2. The zero-order chi connectivity index (χ0) is 45.0. The maximum absolute atomic E-state index is 12.9. The molecule has 9 heteroatoms. The highest BCUT2D eigenvalue weighted by molar-refractivity contribution is 5.76. The van der Waals surface area contributed by atoms with Gasteiger partial charge < -0.3 is 34.9 Å². The largest absolute Gasteiger partial charge is 0.447 e. The lowest BCUT2D eigenvalue weighted by Gasteiger charge is -2.29. The summed E-state index contributed by atoms with van der Waals surface area (Å²) in [5, 5.41) is 9.28. The van der Waals surface area contributed by atoms with Gasteiger partial charge in [0.1, 0.15) is 6.61 Å². The molecular weight excluding hydrogens is 763 g/mol. The lowest BCUT2D eigenvalue weighted by molar-refractivity contribution is -0.122. The summed E-state index contributed by atoms with van der Waals surface area (Å²) >= 11 is 0. The van der Waals surface area contributed by atoms with E-state index >= 15 is 0 Å². The zero-order valence-corrected chi connectivity index (χ0v) is 41.8. The van der Waals surface area contributed by atoms with Crippen molar-refractivity contribution in [1.29, 1.82) is 0 Å². The smallest absolute Gasteiger partial charge is 0.407 e. The van der Waals surface area contributed by atoms with Crippen LogP contribution in [0.1, 0.15) is 253 Å². The summed E-state index contributed by atoms with van der Waals surface area (Å²) in [6, 6.07) is -0.366. The average molecular weight is 868 g/mol. The molecule has 61 heavy (non-hydrogen) atoms. The number of amides is 2. The van der Waals surface area contributed by atoms with E-state index in [0.717, 1.165) is 32.1 Å². The van der Waals surface area contributed by atoms with Crippen LogP contribution in [0.3, 0.4) is 0 Å². The molecule has 0 saturated heterocycles. The van der Waals surface area contributed by atoms with Crippen LogP contribution in [0.5, 0.6) is 0 Å². The molecule has 0 saturated carbocycles. The monoisotopic (exact) mass is 868 g/mol. The Morgan fingerprint density at radius 1 is 0.508 bits per heavy atom. The molecule has 9 nitrogen and oxygen atoms in total. The highest BCUT2D eigenvalue weighted by Gasteiger charge is 2.22. The van der Waals surface area contributed by atoms with Gasteiger partial charge in [0.25, 0.3) is 0 Å². The normalized spacial score (nSPS) is 12.5. The van der Waals surface area contributed by atoms with Gasteiger partial charge in [0, 0.05) is 39.8 Å². The molecule has 0 aliphatic carbocycles. The number of hydrogen-bond acceptors (Lipinski definition) is 7. The van der Waals surface area contributed by atoms with E-state index in [2.05, 4.69) is 57.5 Å². The molecule has 0 aromatic rings. The van der Waals surface area contributed by atoms with Gasteiger partial charge in [-0.15, -0.1) is 0 Å². The predicted molar refractivity (Wildman–Crippen MR) is 260 cm³/mol. The molecular formula is C52H105N3O6. The third-order valence-electron chi connectivity index (χ3n) is 12.1. The van der Waals surface area contributed by atoms with E-state index in [-0.39, 0.29) is 29.8 Å². The van der Waals surface area contributed by atoms with Crippen molar-refractivity contribution in [3.05, 3.63) is 0 Å². The molecule has 3 N–H and O–H groups in total. The second kappa shape index (κ2) is 43.8. The molecule has 1 unspecified atom stereocenters. The molecule has 0 heterocycles. The number of alkyl carbamates (subject to hydrolysis) is 1. The van der Waals surface area contributed by atoms with Gasteiger partial charge in [0.05, 0.1) is 30.5 Å². The second-order valence-corrected chi connectivity index (χ2v) is 19.4. The summed E-state index contributed by atoms with van der Waals surface area (Å²) in [7, 11) is 1.72. The van der Waals surface area contributed by atoms with Gasteiger partial charge in [0.2, 0.25) is 5.91 Å². The lowest BCUT2D eigenvalue weighted by atomic mass is 10.0. The van der Waals surface area contributed by atoms with E-state index in [1.54, 1.807) is 7.11 Å². The van der Waals surface area contributed by atoms with Gasteiger partial charge in [-0.05, 0) is 47.0 Å². The molecule has 0 spiro atoms. The summed E-state index contributed by atoms with van der Waals surface area (Å²) in [6.45, 7) is 16.2. The first-order chi connectivity index (χ1) is 29.5. The molecule has 0 radical (unpaired) electrons. The summed E-state index contributed by atoms with van der Waals surface area (Å²) in [6.07, 6.45) is 41.8. The standard InChI is InChI=1S/C52H105N3O6/c1-8-10-12-14-16-18-20-22-24-26-28-30-32-34-36-38-43-59-45-48(46-60-50(57)54-42-41-53-47-52(5,6)61-44-40-51(3,4)58-7)55-49(56)39-37-35-33-31-29-27-25-23-21-19-17-15-13-11-9-2/h48,53H,8-47H2,1-7H3,(H,54,57)(H,55,56).